The van der Waals surface area contributed by atoms with Crippen LogP contribution in [-0.2, 0) is 30.4 Å². The fourth-order valence-electron chi connectivity index (χ4n) is 4.10. The van der Waals surface area contributed by atoms with Crippen molar-refractivity contribution in [3.05, 3.63) is 82.7 Å². The molecule has 156 valence electrons. The van der Waals surface area contributed by atoms with Crippen LogP contribution in [0, 0.1) is 0 Å². The van der Waals surface area contributed by atoms with Gasteiger partial charge >= 0.3 is 6.18 Å². The normalized spacial score (nSPS) is 20.5. The largest absolute Gasteiger partial charge is 0.416 e. The molecule has 0 bridgehead atoms. The maximum atomic E-state index is 13.1. The number of carbonyl (C=O) groups excluding carboxylic acids is 2. The second-order valence-corrected chi connectivity index (χ2v) is 7.64. The molecule has 0 radical (unpaired) electrons. The monoisotopic (exact) mass is 415 g/mol. The van der Waals surface area contributed by atoms with Gasteiger partial charge in [-0.2, -0.15) is 13.2 Å². The van der Waals surface area contributed by atoms with Crippen molar-refractivity contribution in [3.8, 4) is 0 Å². The number of hydrogen-bond acceptors (Lipinski definition) is 3. The highest BCUT2D eigenvalue weighted by atomic mass is 19.4. The van der Waals surface area contributed by atoms with Gasteiger partial charge in [-0.1, -0.05) is 30.8 Å². The Morgan fingerprint density at radius 2 is 1.93 bits per heavy atom. The molecule has 2 aromatic rings. The second kappa shape index (κ2) is 7.19. The second-order valence-electron chi connectivity index (χ2n) is 7.64. The fourth-order valence-corrected chi connectivity index (χ4v) is 4.10. The molecule has 1 atom stereocenters. The highest BCUT2D eigenvalue weighted by molar-refractivity contribution is 5.95. The van der Waals surface area contributed by atoms with E-state index < -0.39 is 23.2 Å². The van der Waals surface area contributed by atoms with Gasteiger partial charge in [0.1, 0.15) is 5.54 Å². The predicted molar refractivity (Wildman–Crippen MR) is 104 cm³/mol. The lowest BCUT2D eigenvalue weighted by molar-refractivity contribution is -0.138. The molecule has 3 N–H and O–H groups in total. The molecule has 5 nitrogen and oxygen atoms in total. The average Bonchev–Trinajstić information content (AvgIpc) is 2.97. The van der Waals surface area contributed by atoms with Crippen LogP contribution < -0.4 is 16.0 Å². The summed E-state index contributed by atoms with van der Waals surface area (Å²) in [5, 5.41) is 8.39. The van der Waals surface area contributed by atoms with Gasteiger partial charge in [0.15, 0.2) is 0 Å². The molecular weight excluding hydrogens is 395 g/mol. The number of fused-ring (bicyclic) bond motifs is 1. The molecule has 8 heteroatoms. The zero-order chi connectivity index (χ0) is 21.5. The van der Waals surface area contributed by atoms with E-state index in [4.69, 9.17) is 0 Å². The quantitative estimate of drug-likeness (QED) is 0.722. The van der Waals surface area contributed by atoms with Gasteiger partial charge in [-0.05, 0) is 47.7 Å². The molecule has 1 fully saturated rings. The maximum absolute atomic E-state index is 13.1. The molecule has 1 unspecified atom stereocenters. The summed E-state index contributed by atoms with van der Waals surface area (Å²) in [6.07, 6.45) is -2.83. The summed E-state index contributed by atoms with van der Waals surface area (Å²) in [5.41, 5.74) is 0.827. The van der Waals surface area contributed by atoms with E-state index in [0.717, 1.165) is 17.2 Å². The van der Waals surface area contributed by atoms with Crippen LogP contribution in [-0.4, -0.2) is 17.4 Å². The summed E-state index contributed by atoms with van der Waals surface area (Å²) >= 11 is 0. The first-order valence-electron chi connectivity index (χ1n) is 9.52. The van der Waals surface area contributed by atoms with Crippen LogP contribution in [0.15, 0.2) is 54.9 Å². The summed E-state index contributed by atoms with van der Waals surface area (Å²) < 4.78 is 39.3. The van der Waals surface area contributed by atoms with Crippen molar-refractivity contribution in [1.82, 2.24) is 16.0 Å². The molecule has 1 saturated heterocycles. The third-order valence-electron chi connectivity index (χ3n) is 5.63. The molecular formula is C22H20F3N3O2. The lowest BCUT2D eigenvalue weighted by Crippen LogP contribution is -2.50. The minimum absolute atomic E-state index is 0.0109. The number of aryl methyl sites for hydroxylation is 1. The zero-order valence-corrected chi connectivity index (χ0v) is 16.0. The Hall–Kier alpha value is -3.29. The summed E-state index contributed by atoms with van der Waals surface area (Å²) in [7, 11) is 0. The number of benzene rings is 2. The molecule has 1 heterocycles. The first-order valence-corrected chi connectivity index (χ1v) is 9.52. The van der Waals surface area contributed by atoms with Crippen LogP contribution in [0.4, 0.5) is 13.2 Å². The third-order valence-corrected chi connectivity index (χ3v) is 5.63. The van der Waals surface area contributed by atoms with Gasteiger partial charge in [0.2, 0.25) is 0 Å². The third kappa shape index (κ3) is 3.65. The maximum Gasteiger partial charge on any atom is 0.416 e. The highest BCUT2D eigenvalue weighted by Gasteiger charge is 2.45. The molecule has 1 spiro atoms. The van der Waals surface area contributed by atoms with Crippen molar-refractivity contribution in [2.75, 3.05) is 0 Å². The average molecular weight is 415 g/mol. The van der Waals surface area contributed by atoms with Crippen LogP contribution in [0.5, 0.6) is 0 Å². The van der Waals surface area contributed by atoms with Crippen molar-refractivity contribution in [2.24, 2.45) is 0 Å². The van der Waals surface area contributed by atoms with E-state index in [2.05, 4.69) is 22.5 Å². The number of hydrogen-bond donors (Lipinski definition) is 3. The van der Waals surface area contributed by atoms with Crippen LogP contribution >= 0.6 is 0 Å². The standard InChI is InChI=1S/C22H20F3N3O2/c1-13-27-20(30)21(28-13)9-8-14-10-15(6-7-16(14)11-21)19(29)26-12-17-4-2-3-5-18(17)22(23,24)25/h2-7,10,28H,1,8-9,11-12H2,(H,26,29)(H,27,30). The zero-order valence-electron chi connectivity index (χ0n) is 16.0. The Morgan fingerprint density at radius 3 is 2.63 bits per heavy atom. The molecule has 30 heavy (non-hydrogen) atoms. The first-order chi connectivity index (χ1) is 14.2. The molecule has 4 rings (SSSR count). The van der Waals surface area contributed by atoms with Crippen molar-refractivity contribution in [1.29, 1.82) is 0 Å². The van der Waals surface area contributed by atoms with Gasteiger partial charge in [0, 0.05) is 18.5 Å². The van der Waals surface area contributed by atoms with E-state index >= 15 is 0 Å². The van der Waals surface area contributed by atoms with Crippen LogP contribution in [0.1, 0.15) is 39.0 Å². The number of rotatable bonds is 3. The SMILES string of the molecule is C=C1NC(=O)C2(CCc3cc(C(=O)NCc4ccccc4C(F)(F)F)ccc3C2)N1. The summed E-state index contributed by atoms with van der Waals surface area (Å²) in [4.78, 5) is 24.8. The van der Waals surface area contributed by atoms with Gasteiger partial charge in [0.05, 0.1) is 11.4 Å². The summed E-state index contributed by atoms with van der Waals surface area (Å²) in [6, 6.07) is 10.3. The molecule has 2 aromatic carbocycles. The highest BCUT2D eigenvalue weighted by Crippen LogP contribution is 2.33. The number of halogens is 3. The topological polar surface area (TPSA) is 70.2 Å². The molecule has 0 aromatic heterocycles. The minimum atomic E-state index is -4.48. The molecule has 1 aliphatic heterocycles. The lowest BCUT2D eigenvalue weighted by atomic mass is 9.77. The smallest absolute Gasteiger partial charge is 0.358 e. The molecule has 0 saturated carbocycles. The van der Waals surface area contributed by atoms with Gasteiger partial charge in [-0.25, -0.2) is 0 Å². The number of amides is 2. The van der Waals surface area contributed by atoms with Gasteiger partial charge < -0.3 is 16.0 Å². The van der Waals surface area contributed by atoms with E-state index in [1.165, 1.54) is 18.2 Å². The Morgan fingerprint density at radius 1 is 1.17 bits per heavy atom. The molecule has 2 aliphatic rings. The van der Waals surface area contributed by atoms with E-state index in [0.29, 0.717) is 30.6 Å². The summed E-state index contributed by atoms with van der Waals surface area (Å²) in [5.74, 6) is -0.0675. The Kier molecular flexibility index (Phi) is 4.80. The van der Waals surface area contributed by atoms with Gasteiger partial charge in [0.25, 0.3) is 11.8 Å². The Labute approximate surface area is 171 Å². The Bertz CT molecular complexity index is 1050. The number of nitrogens with one attached hydrogen (secondary N) is 3. The van der Waals surface area contributed by atoms with E-state index in [1.54, 1.807) is 18.2 Å². The number of alkyl halides is 3. The van der Waals surface area contributed by atoms with Gasteiger partial charge in [-0.15, -0.1) is 0 Å². The van der Waals surface area contributed by atoms with Crippen molar-refractivity contribution >= 4 is 11.8 Å². The van der Waals surface area contributed by atoms with Crippen LogP contribution in [0.25, 0.3) is 0 Å². The van der Waals surface area contributed by atoms with Crippen LogP contribution in [0.3, 0.4) is 0 Å². The Balaban J connectivity index is 1.47. The van der Waals surface area contributed by atoms with Crippen molar-refractivity contribution in [2.45, 2.75) is 37.5 Å². The van der Waals surface area contributed by atoms with Gasteiger partial charge in [-0.3, -0.25) is 9.59 Å². The van der Waals surface area contributed by atoms with Crippen molar-refractivity contribution < 1.29 is 22.8 Å². The van der Waals surface area contributed by atoms with Crippen molar-refractivity contribution in [3.63, 3.8) is 0 Å². The van der Waals surface area contributed by atoms with Crippen LogP contribution in [0.2, 0.25) is 0 Å². The molecule has 1 aliphatic carbocycles. The van der Waals surface area contributed by atoms with E-state index in [-0.39, 0.29) is 18.0 Å². The lowest BCUT2D eigenvalue weighted by Gasteiger charge is -2.32. The minimum Gasteiger partial charge on any atom is -0.358 e. The molecule has 2 amide bonds. The van der Waals surface area contributed by atoms with E-state index in [9.17, 15) is 22.8 Å². The van der Waals surface area contributed by atoms with E-state index in [1.807, 2.05) is 0 Å². The summed E-state index contributed by atoms with van der Waals surface area (Å²) in [6.45, 7) is 3.53. The fraction of sp³-hybridized carbons (Fsp3) is 0.273. The first kappa shape index (κ1) is 20.0. The predicted octanol–water partition coefficient (Wildman–Crippen LogP) is 3.05. The number of carbonyl (C=O) groups is 2.